The zero-order valence-electron chi connectivity index (χ0n) is 10.9. The Kier molecular flexibility index (Phi) is 4.02. The van der Waals surface area contributed by atoms with E-state index >= 15 is 0 Å². The Hall–Kier alpha value is -2.30. The summed E-state index contributed by atoms with van der Waals surface area (Å²) in [7, 11) is 0. The van der Waals surface area contributed by atoms with Crippen LogP contribution in [0.5, 0.6) is 0 Å². The largest absolute Gasteiger partial charge is 0.481 e. The van der Waals surface area contributed by atoms with Gasteiger partial charge in [0.1, 0.15) is 17.6 Å². The van der Waals surface area contributed by atoms with E-state index < -0.39 is 23.8 Å². The van der Waals surface area contributed by atoms with Crippen LogP contribution in [0, 0.1) is 17.2 Å². The molecule has 1 aliphatic rings. The second-order valence-electron chi connectivity index (χ2n) is 4.78. The molecule has 2 heterocycles. The Balaban J connectivity index is 2.27. The molecular weight excluding hydrogens is 287 g/mol. The molecule has 1 saturated heterocycles. The summed E-state index contributed by atoms with van der Waals surface area (Å²) in [5.41, 5.74) is -1.01. The SMILES string of the molecule is N#Cc1ccc(C(F)(F)F)nc1N1CCC(C(=O)O)CC1. The van der Waals surface area contributed by atoms with E-state index in [-0.39, 0.29) is 24.5 Å². The summed E-state index contributed by atoms with van der Waals surface area (Å²) in [4.78, 5) is 15.9. The van der Waals surface area contributed by atoms with Gasteiger partial charge in [-0.2, -0.15) is 18.4 Å². The average Bonchev–Trinajstić information content (AvgIpc) is 2.45. The molecule has 1 aliphatic heterocycles. The van der Waals surface area contributed by atoms with Crippen LogP contribution in [0.25, 0.3) is 0 Å². The third kappa shape index (κ3) is 3.24. The summed E-state index contributed by atoms with van der Waals surface area (Å²) >= 11 is 0. The first-order valence-electron chi connectivity index (χ1n) is 6.29. The molecule has 0 aliphatic carbocycles. The third-order valence-electron chi connectivity index (χ3n) is 3.43. The number of piperidine rings is 1. The zero-order valence-corrected chi connectivity index (χ0v) is 10.9. The van der Waals surface area contributed by atoms with Crippen molar-refractivity contribution in [1.29, 1.82) is 5.26 Å². The lowest BCUT2D eigenvalue weighted by molar-refractivity contribution is -0.142. The van der Waals surface area contributed by atoms with Crippen LogP contribution in [0.1, 0.15) is 24.1 Å². The number of carboxylic acids is 1. The van der Waals surface area contributed by atoms with E-state index in [1.54, 1.807) is 0 Å². The van der Waals surface area contributed by atoms with Gasteiger partial charge in [-0.1, -0.05) is 0 Å². The summed E-state index contributed by atoms with van der Waals surface area (Å²) in [6.07, 6.45) is -3.95. The quantitative estimate of drug-likeness (QED) is 0.906. The average molecular weight is 299 g/mol. The maximum Gasteiger partial charge on any atom is 0.433 e. The van der Waals surface area contributed by atoms with Crippen molar-refractivity contribution in [2.45, 2.75) is 19.0 Å². The van der Waals surface area contributed by atoms with Crippen LogP contribution < -0.4 is 4.90 Å². The molecule has 8 heteroatoms. The van der Waals surface area contributed by atoms with Gasteiger partial charge in [-0.3, -0.25) is 4.79 Å². The van der Waals surface area contributed by atoms with Crippen molar-refractivity contribution < 1.29 is 23.1 Å². The minimum absolute atomic E-state index is 0.0313. The first kappa shape index (κ1) is 15.1. The predicted octanol–water partition coefficient (Wildman–Crippen LogP) is 2.27. The van der Waals surface area contributed by atoms with E-state index in [4.69, 9.17) is 10.4 Å². The molecule has 0 amide bonds. The van der Waals surface area contributed by atoms with Gasteiger partial charge in [0.2, 0.25) is 0 Å². The highest BCUT2D eigenvalue weighted by Gasteiger charge is 2.34. The van der Waals surface area contributed by atoms with Gasteiger partial charge in [0.15, 0.2) is 0 Å². The minimum atomic E-state index is -4.58. The minimum Gasteiger partial charge on any atom is -0.481 e. The van der Waals surface area contributed by atoms with Crippen molar-refractivity contribution in [3.8, 4) is 6.07 Å². The molecule has 0 aromatic carbocycles. The van der Waals surface area contributed by atoms with Crippen molar-refractivity contribution in [2.24, 2.45) is 5.92 Å². The number of hydrogen-bond donors (Lipinski definition) is 1. The van der Waals surface area contributed by atoms with E-state index in [2.05, 4.69) is 4.98 Å². The molecule has 0 saturated carbocycles. The molecule has 1 aromatic heterocycles. The fraction of sp³-hybridized carbons (Fsp3) is 0.462. The van der Waals surface area contributed by atoms with E-state index in [1.807, 2.05) is 6.07 Å². The number of aromatic nitrogens is 1. The molecule has 1 aromatic rings. The number of anilines is 1. The third-order valence-corrected chi connectivity index (χ3v) is 3.43. The van der Waals surface area contributed by atoms with Gasteiger partial charge >= 0.3 is 12.1 Å². The van der Waals surface area contributed by atoms with E-state index in [0.29, 0.717) is 12.8 Å². The van der Waals surface area contributed by atoms with E-state index in [1.165, 1.54) is 4.90 Å². The van der Waals surface area contributed by atoms with Gasteiger partial charge in [0.25, 0.3) is 0 Å². The van der Waals surface area contributed by atoms with Crippen molar-refractivity contribution >= 4 is 11.8 Å². The monoisotopic (exact) mass is 299 g/mol. The van der Waals surface area contributed by atoms with Crippen LogP contribution in [-0.4, -0.2) is 29.1 Å². The Morgan fingerprint density at radius 2 is 2.00 bits per heavy atom. The van der Waals surface area contributed by atoms with Gasteiger partial charge in [0, 0.05) is 13.1 Å². The standard InChI is InChI=1S/C13H12F3N3O2/c14-13(15,16)10-2-1-9(7-17)11(18-10)19-5-3-8(4-6-19)12(20)21/h1-2,8H,3-6H2,(H,20,21). The first-order valence-corrected chi connectivity index (χ1v) is 6.29. The van der Waals surface area contributed by atoms with Crippen molar-refractivity contribution in [1.82, 2.24) is 4.98 Å². The summed E-state index contributed by atoms with van der Waals surface area (Å²) in [6.45, 7) is 0.528. The lowest BCUT2D eigenvalue weighted by atomic mass is 9.97. The number of halogens is 3. The summed E-state index contributed by atoms with van der Waals surface area (Å²) < 4.78 is 38.1. The van der Waals surface area contributed by atoms with Crippen LogP contribution in [0.15, 0.2) is 12.1 Å². The molecule has 0 spiro atoms. The molecule has 1 fully saturated rings. The fourth-order valence-electron chi connectivity index (χ4n) is 2.27. The van der Waals surface area contributed by atoms with Gasteiger partial charge in [-0.05, 0) is 25.0 Å². The van der Waals surface area contributed by atoms with Gasteiger partial charge in [0.05, 0.1) is 11.5 Å². The lowest BCUT2D eigenvalue weighted by Crippen LogP contribution is -2.37. The molecule has 0 atom stereocenters. The van der Waals surface area contributed by atoms with Crippen LogP contribution in [0.4, 0.5) is 19.0 Å². The molecule has 0 unspecified atom stereocenters. The number of aliphatic carboxylic acids is 1. The zero-order chi connectivity index (χ0) is 15.6. The summed E-state index contributed by atoms with van der Waals surface area (Å²) in [5.74, 6) is -1.44. The summed E-state index contributed by atoms with van der Waals surface area (Å²) in [5, 5.41) is 17.9. The maximum atomic E-state index is 12.7. The number of hydrogen-bond acceptors (Lipinski definition) is 4. The number of nitriles is 1. The Morgan fingerprint density at radius 1 is 1.38 bits per heavy atom. The summed E-state index contributed by atoms with van der Waals surface area (Å²) in [6, 6.07) is 3.68. The van der Waals surface area contributed by atoms with Gasteiger partial charge in [-0.25, -0.2) is 4.98 Å². The molecule has 0 bridgehead atoms. The molecule has 2 rings (SSSR count). The topological polar surface area (TPSA) is 77.2 Å². The fourth-order valence-corrected chi connectivity index (χ4v) is 2.27. The van der Waals surface area contributed by atoms with Crippen molar-refractivity contribution in [2.75, 3.05) is 18.0 Å². The van der Waals surface area contributed by atoms with Crippen LogP contribution >= 0.6 is 0 Å². The number of rotatable bonds is 2. The number of carbonyl (C=O) groups is 1. The van der Waals surface area contributed by atoms with Crippen LogP contribution in [-0.2, 0) is 11.0 Å². The lowest BCUT2D eigenvalue weighted by Gasteiger charge is -2.31. The highest BCUT2D eigenvalue weighted by atomic mass is 19.4. The smallest absolute Gasteiger partial charge is 0.433 e. The van der Waals surface area contributed by atoms with Crippen LogP contribution in [0.2, 0.25) is 0 Å². The Labute approximate surface area is 118 Å². The van der Waals surface area contributed by atoms with E-state index in [9.17, 15) is 18.0 Å². The van der Waals surface area contributed by atoms with Gasteiger partial charge < -0.3 is 10.0 Å². The Morgan fingerprint density at radius 3 is 2.48 bits per heavy atom. The highest BCUT2D eigenvalue weighted by molar-refractivity contribution is 5.70. The second kappa shape index (κ2) is 5.60. The number of nitrogens with zero attached hydrogens (tertiary/aromatic N) is 3. The van der Waals surface area contributed by atoms with Gasteiger partial charge in [-0.15, -0.1) is 0 Å². The van der Waals surface area contributed by atoms with Crippen molar-refractivity contribution in [3.63, 3.8) is 0 Å². The molecule has 0 radical (unpaired) electrons. The Bertz CT molecular complexity index is 587. The van der Waals surface area contributed by atoms with Crippen LogP contribution in [0.3, 0.4) is 0 Å². The van der Waals surface area contributed by atoms with Crippen molar-refractivity contribution in [3.05, 3.63) is 23.4 Å². The maximum absolute atomic E-state index is 12.7. The number of carboxylic acid groups (broad SMARTS) is 1. The number of alkyl halides is 3. The predicted molar refractivity (Wildman–Crippen MR) is 66.5 cm³/mol. The highest BCUT2D eigenvalue weighted by Crippen LogP contribution is 2.31. The number of pyridine rings is 1. The molecule has 21 heavy (non-hydrogen) atoms. The second-order valence-corrected chi connectivity index (χ2v) is 4.78. The molecule has 1 N–H and O–H groups in total. The molecular formula is C13H12F3N3O2. The normalized spacial score (nSPS) is 16.6. The molecule has 5 nitrogen and oxygen atoms in total. The van der Waals surface area contributed by atoms with E-state index in [0.717, 1.165) is 12.1 Å². The first-order chi connectivity index (χ1) is 9.82. The molecule has 112 valence electrons.